The molecule has 1 rings (SSSR count). The van der Waals surface area contributed by atoms with Crippen molar-refractivity contribution in [2.24, 2.45) is 17.6 Å². The maximum atomic E-state index is 12.2. The van der Waals surface area contributed by atoms with Gasteiger partial charge in [-0.05, 0) is 25.3 Å². The highest BCUT2D eigenvalue weighted by atomic mass is 35.5. The van der Waals surface area contributed by atoms with E-state index in [2.05, 4.69) is 14.8 Å². The van der Waals surface area contributed by atoms with E-state index in [1.807, 2.05) is 0 Å². The van der Waals surface area contributed by atoms with Crippen LogP contribution in [0, 0.1) is 11.8 Å². The summed E-state index contributed by atoms with van der Waals surface area (Å²) in [6.07, 6.45) is 2.36. The fraction of sp³-hybridized carbons (Fsp3) is 0.769. The number of carbonyl (C=O) groups is 3. The summed E-state index contributed by atoms with van der Waals surface area (Å²) >= 11 is 0. The average molecular weight is 323 g/mol. The van der Waals surface area contributed by atoms with Crippen LogP contribution in [0.5, 0.6) is 0 Å². The van der Waals surface area contributed by atoms with Gasteiger partial charge >= 0.3 is 11.9 Å². The molecule has 0 saturated heterocycles. The second kappa shape index (κ2) is 9.57. The van der Waals surface area contributed by atoms with Crippen molar-refractivity contribution in [3.8, 4) is 0 Å². The van der Waals surface area contributed by atoms with Gasteiger partial charge in [0.15, 0.2) is 0 Å². The van der Waals surface area contributed by atoms with E-state index in [9.17, 15) is 14.4 Å². The van der Waals surface area contributed by atoms with Gasteiger partial charge in [-0.15, -0.1) is 12.4 Å². The molecule has 1 unspecified atom stereocenters. The summed E-state index contributed by atoms with van der Waals surface area (Å²) in [4.78, 5) is 35.0. The molecular weight excluding hydrogens is 300 g/mol. The lowest BCUT2D eigenvalue weighted by Gasteiger charge is -2.21. The van der Waals surface area contributed by atoms with Gasteiger partial charge in [-0.3, -0.25) is 9.59 Å². The predicted octanol–water partition coefficient (Wildman–Crippen LogP) is 0.00410. The fourth-order valence-electron chi connectivity index (χ4n) is 2.53. The Bertz CT molecular complexity index is 378. The van der Waals surface area contributed by atoms with Gasteiger partial charge in [0.05, 0.1) is 20.6 Å². The molecule has 7 nitrogen and oxygen atoms in total. The number of halogens is 1. The van der Waals surface area contributed by atoms with Crippen molar-refractivity contribution < 1.29 is 23.9 Å². The van der Waals surface area contributed by atoms with E-state index in [1.54, 1.807) is 0 Å². The number of methoxy groups -OCH3 is 2. The van der Waals surface area contributed by atoms with Crippen molar-refractivity contribution >= 4 is 30.3 Å². The predicted molar refractivity (Wildman–Crippen MR) is 77.7 cm³/mol. The highest BCUT2D eigenvalue weighted by Gasteiger charge is 2.34. The topological polar surface area (TPSA) is 108 Å². The third-order valence-corrected chi connectivity index (χ3v) is 3.70. The van der Waals surface area contributed by atoms with Gasteiger partial charge in [0, 0.05) is 5.92 Å². The zero-order valence-electron chi connectivity index (χ0n) is 12.3. The quantitative estimate of drug-likeness (QED) is 0.667. The Hall–Kier alpha value is -1.34. The molecule has 0 aliphatic heterocycles. The van der Waals surface area contributed by atoms with E-state index in [4.69, 9.17) is 5.73 Å². The Balaban J connectivity index is 0.00000400. The number of amides is 1. The SMILES string of the molecule is COC(=O)CC(NC(=O)[C@@H]1CCC[C@@H]1CN)C(=O)OC.Cl. The monoisotopic (exact) mass is 322 g/mol. The van der Waals surface area contributed by atoms with Crippen LogP contribution in [0.4, 0.5) is 0 Å². The normalized spacial score (nSPS) is 21.9. The van der Waals surface area contributed by atoms with Gasteiger partial charge in [0.1, 0.15) is 6.04 Å². The Kier molecular flexibility index (Phi) is 8.96. The Labute approximate surface area is 130 Å². The molecule has 0 spiro atoms. The maximum Gasteiger partial charge on any atom is 0.328 e. The van der Waals surface area contributed by atoms with E-state index in [0.717, 1.165) is 19.3 Å². The third-order valence-electron chi connectivity index (χ3n) is 3.70. The van der Waals surface area contributed by atoms with E-state index in [-0.39, 0.29) is 36.6 Å². The molecule has 0 heterocycles. The van der Waals surface area contributed by atoms with E-state index >= 15 is 0 Å². The smallest absolute Gasteiger partial charge is 0.328 e. The average Bonchev–Trinajstić information content (AvgIpc) is 2.93. The summed E-state index contributed by atoms with van der Waals surface area (Å²) in [5.41, 5.74) is 5.64. The zero-order valence-corrected chi connectivity index (χ0v) is 13.1. The Morgan fingerprint density at radius 2 is 1.90 bits per heavy atom. The molecule has 0 aromatic heterocycles. The van der Waals surface area contributed by atoms with Crippen LogP contribution in [0.1, 0.15) is 25.7 Å². The zero-order chi connectivity index (χ0) is 15.1. The number of esters is 2. The van der Waals surface area contributed by atoms with Crippen molar-refractivity contribution in [1.29, 1.82) is 0 Å². The van der Waals surface area contributed by atoms with Gasteiger partial charge in [-0.25, -0.2) is 4.79 Å². The molecule has 8 heteroatoms. The van der Waals surface area contributed by atoms with Crippen LogP contribution in [-0.4, -0.2) is 44.7 Å². The molecule has 1 amide bonds. The molecule has 0 aromatic carbocycles. The molecule has 0 bridgehead atoms. The summed E-state index contributed by atoms with van der Waals surface area (Å²) < 4.78 is 9.10. The lowest BCUT2D eigenvalue weighted by molar-refractivity contribution is -0.151. The van der Waals surface area contributed by atoms with E-state index < -0.39 is 18.0 Å². The van der Waals surface area contributed by atoms with Crippen molar-refractivity contribution in [3.63, 3.8) is 0 Å². The first kappa shape index (κ1) is 19.7. The van der Waals surface area contributed by atoms with Crippen LogP contribution < -0.4 is 11.1 Å². The van der Waals surface area contributed by atoms with Gasteiger partial charge in [0.2, 0.25) is 5.91 Å². The second-order valence-corrected chi connectivity index (χ2v) is 4.90. The lowest BCUT2D eigenvalue weighted by Crippen LogP contribution is -2.46. The van der Waals surface area contributed by atoms with E-state index in [0.29, 0.717) is 6.54 Å². The molecule has 1 aliphatic rings. The lowest BCUT2D eigenvalue weighted by atomic mass is 9.95. The molecular formula is C13H23ClN2O5. The highest BCUT2D eigenvalue weighted by molar-refractivity contribution is 5.89. The summed E-state index contributed by atoms with van der Waals surface area (Å²) in [6, 6.07) is -1.01. The van der Waals surface area contributed by atoms with Gasteiger partial charge in [-0.2, -0.15) is 0 Å². The standard InChI is InChI=1S/C13H22N2O5.ClH/c1-19-11(16)6-10(13(18)20-2)15-12(17)9-5-3-4-8(9)7-14;/h8-10H,3-7,14H2,1-2H3,(H,15,17);1H/t8-,9-,10?;/m1./s1. The van der Waals surface area contributed by atoms with Crippen LogP contribution >= 0.6 is 12.4 Å². The molecule has 21 heavy (non-hydrogen) atoms. The van der Waals surface area contributed by atoms with Crippen LogP contribution in [0.25, 0.3) is 0 Å². The molecule has 0 radical (unpaired) electrons. The largest absolute Gasteiger partial charge is 0.469 e. The van der Waals surface area contributed by atoms with Gasteiger partial charge < -0.3 is 20.5 Å². The summed E-state index contributed by atoms with van der Waals surface area (Å²) in [5, 5.41) is 2.57. The number of carbonyl (C=O) groups excluding carboxylic acids is 3. The molecule has 122 valence electrons. The van der Waals surface area contributed by atoms with Crippen molar-refractivity contribution in [1.82, 2.24) is 5.32 Å². The maximum absolute atomic E-state index is 12.2. The second-order valence-electron chi connectivity index (χ2n) is 4.90. The van der Waals surface area contributed by atoms with E-state index in [1.165, 1.54) is 14.2 Å². The van der Waals surface area contributed by atoms with Crippen molar-refractivity contribution in [2.45, 2.75) is 31.7 Å². The molecule has 0 aromatic rings. The fourth-order valence-corrected chi connectivity index (χ4v) is 2.53. The Morgan fingerprint density at radius 1 is 1.24 bits per heavy atom. The summed E-state index contributed by atoms with van der Waals surface area (Å²) in [6.45, 7) is 0.442. The Morgan fingerprint density at radius 3 is 2.43 bits per heavy atom. The van der Waals surface area contributed by atoms with Crippen LogP contribution in [-0.2, 0) is 23.9 Å². The molecule has 3 atom stereocenters. The molecule has 3 N–H and O–H groups in total. The van der Waals surface area contributed by atoms with Gasteiger partial charge in [-0.1, -0.05) is 6.42 Å². The first-order valence-corrected chi connectivity index (χ1v) is 6.68. The molecule has 1 saturated carbocycles. The third kappa shape index (κ3) is 5.51. The number of nitrogens with one attached hydrogen (secondary N) is 1. The number of nitrogens with two attached hydrogens (primary N) is 1. The number of hydrogen-bond donors (Lipinski definition) is 2. The molecule has 1 aliphatic carbocycles. The van der Waals surface area contributed by atoms with Crippen molar-refractivity contribution in [2.75, 3.05) is 20.8 Å². The number of rotatable bonds is 6. The number of hydrogen-bond acceptors (Lipinski definition) is 6. The van der Waals surface area contributed by atoms with Gasteiger partial charge in [0.25, 0.3) is 0 Å². The molecule has 1 fully saturated rings. The first-order valence-electron chi connectivity index (χ1n) is 6.68. The number of ether oxygens (including phenoxy) is 2. The minimum Gasteiger partial charge on any atom is -0.469 e. The van der Waals surface area contributed by atoms with Crippen LogP contribution in [0.15, 0.2) is 0 Å². The minimum absolute atomic E-state index is 0. The van der Waals surface area contributed by atoms with Crippen molar-refractivity contribution in [3.05, 3.63) is 0 Å². The summed E-state index contributed by atoms with van der Waals surface area (Å²) in [7, 11) is 2.43. The highest BCUT2D eigenvalue weighted by Crippen LogP contribution is 2.31. The first-order chi connectivity index (χ1) is 9.53. The minimum atomic E-state index is -1.01. The van der Waals surface area contributed by atoms with Crippen LogP contribution in [0.2, 0.25) is 0 Å². The summed E-state index contributed by atoms with van der Waals surface area (Å²) in [5.74, 6) is -1.57. The van der Waals surface area contributed by atoms with Crippen LogP contribution in [0.3, 0.4) is 0 Å².